The van der Waals surface area contributed by atoms with Crippen molar-refractivity contribution < 1.29 is 4.39 Å². The molecule has 4 rings (SSSR count). The molecule has 0 N–H and O–H groups in total. The minimum absolute atomic E-state index is 0.0271. The van der Waals surface area contributed by atoms with Crippen molar-refractivity contribution in [2.45, 2.75) is 26.2 Å². The van der Waals surface area contributed by atoms with E-state index >= 15 is 4.39 Å². The van der Waals surface area contributed by atoms with Gasteiger partial charge in [-0.25, -0.2) is 9.07 Å². The van der Waals surface area contributed by atoms with Crippen molar-refractivity contribution in [3.8, 4) is 16.9 Å². The molecule has 8 heteroatoms. The first-order valence-corrected chi connectivity index (χ1v) is 10.7. The Balaban J connectivity index is 1.93. The molecule has 0 bridgehead atoms. The summed E-state index contributed by atoms with van der Waals surface area (Å²) in [6.45, 7) is 10.1. The Morgan fingerprint density at radius 3 is 2.47 bits per heavy atom. The molecule has 0 aliphatic rings. The first-order chi connectivity index (χ1) is 15.0. The molecule has 1 radical (unpaired) electrons. The number of aryl methyl sites for hydroxylation is 1. The number of fused-ring (bicyclic) bond motifs is 1. The monoisotopic (exact) mass is 495 g/mol. The van der Waals surface area contributed by atoms with Crippen LogP contribution in [-0.2, 0) is 12.5 Å². The van der Waals surface area contributed by atoms with Gasteiger partial charge in [0.25, 0.3) is 11.1 Å². The van der Waals surface area contributed by atoms with Crippen LogP contribution in [-0.4, -0.2) is 19.6 Å². The van der Waals surface area contributed by atoms with Crippen LogP contribution in [0.5, 0.6) is 0 Å². The fraction of sp³-hybridized carbons (Fsp3) is 0.208. The molecular weight excluding hydrogens is 475 g/mol. The molecule has 4 aromatic rings. The average Bonchev–Trinajstić information content (AvgIpc) is 2.71. The lowest BCUT2D eigenvalue weighted by atomic mass is 9.86. The van der Waals surface area contributed by atoms with E-state index in [9.17, 15) is 9.59 Å². The maximum atomic E-state index is 15.0. The minimum Gasteiger partial charge on any atom is -0.267 e. The van der Waals surface area contributed by atoms with Crippen LogP contribution in [0.25, 0.3) is 27.7 Å². The highest BCUT2D eigenvalue weighted by atomic mass is 79.9. The molecule has 0 saturated carbocycles. The number of halogens is 2. The Morgan fingerprint density at radius 2 is 1.81 bits per heavy atom. The zero-order chi connectivity index (χ0) is 23.4. The summed E-state index contributed by atoms with van der Waals surface area (Å²) >= 11 is 3.25. The quantitative estimate of drug-likeness (QED) is 0.409. The van der Waals surface area contributed by atoms with Crippen LogP contribution in [0, 0.1) is 12.7 Å². The summed E-state index contributed by atoms with van der Waals surface area (Å²) in [6.07, 6.45) is 1.49. The summed E-state index contributed by atoms with van der Waals surface area (Å²) < 4.78 is 17.7. The van der Waals surface area contributed by atoms with E-state index in [0.717, 1.165) is 10.2 Å². The van der Waals surface area contributed by atoms with Gasteiger partial charge in [0, 0.05) is 18.0 Å². The molecule has 0 saturated heterocycles. The molecule has 6 nitrogen and oxygen atoms in total. The Bertz CT molecular complexity index is 1470. The number of rotatable bonds is 2. The number of hydrogen-bond donors (Lipinski definition) is 0. The van der Waals surface area contributed by atoms with Gasteiger partial charge in [0.05, 0.1) is 27.4 Å². The van der Waals surface area contributed by atoms with Gasteiger partial charge in [0.2, 0.25) is 0 Å². The summed E-state index contributed by atoms with van der Waals surface area (Å²) in [5.41, 5.74) is 1.68. The van der Waals surface area contributed by atoms with Crippen LogP contribution in [0.15, 0.2) is 56.7 Å². The third-order valence-electron chi connectivity index (χ3n) is 5.38. The van der Waals surface area contributed by atoms with Gasteiger partial charge in [-0.3, -0.25) is 9.59 Å². The van der Waals surface area contributed by atoms with Gasteiger partial charge in [-0.05, 0) is 63.7 Å². The van der Waals surface area contributed by atoms with Crippen LogP contribution < -0.4 is 11.1 Å². The molecule has 0 amide bonds. The van der Waals surface area contributed by atoms with Crippen molar-refractivity contribution in [2.75, 3.05) is 0 Å². The SMILES string of the molecule is [CH2]c1c(-c2cc(Br)c(=O)n(C)n2)cccc1-n1ncc2cc(C(C)(C)C)cc(F)c2c1=O. The molecule has 0 atom stereocenters. The summed E-state index contributed by atoms with van der Waals surface area (Å²) in [5, 5.41) is 9.00. The first kappa shape index (κ1) is 22.1. The van der Waals surface area contributed by atoms with Crippen molar-refractivity contribution in [3.05, 3.63) is 91.6 Å². The predicted octanol–water partition coefficient (Wildman–Crippen LogP) is 4.53. The van der Waals surface area contributed by atoms with Crippen molar-refractivity contribution in [1.29, 1.82) is 0 Å². The smallest absolute Gasteiger partial charge is 0.267 e. The molecular formula is C24H21BrFN4O2. The lowest BCUT2D eigenvalue weighted by molar-refractivity contribution is 0.576. The highest BCUT2D eigenvalue weighted by molar-refractivity contribution is 9.10. The standard InChI is InChI=1S/C24H21BrFN4O2/c1-13-16(19-11-17(25)22(31)29(5)28-19)7-6-8-20(13)30-23(32)21-14(12-27-30)9-15(10-18(21)26)24(2,3)4/h6-12H,1H2,2-5H3. The van der Waals surface area contributed by atoms with Crippen LogP contribution in [0.3, 0.4) is 0 Å². The van der Waals surface area contributed by atoms with Crippen LogP contribution in [0.4, 0.5) is 4.39 Å². The summed E-state index contributed by atoms with van der Waals surface area (Å²) in [6, 6.07) is 10.0. The van der Waals surface area contributed by atoms with E-state index in [1.54, 1.807) is 37.4 Å². The van der Waals surface area contributed by atoms with E-state index in [1.165, 1.54) is 16.9 Å². The molecule has 0 aliphatic heterocycles. The number of aromatic nitrogens is 4. The number of nitrogens with zero attached hydrogens (tertiary/aromatic N) is 4. The Morgan fingerprint density at radius 1 is 1.09 bits per heavy atom. The van der Waals surface area contributed by atoms with Gasteiger partial charge in [-0.1, -0.05) is 32.9 Å². The molecule has 2 heterocycles. The molecule has 0 unspecified atom stereocenters. The second-order valence-electron chi connectivity index (χ2n) is 8.64. The minimum atomic E-state index is -0.584. The average molecular weight is 496 g/mol. The third-order valence-corrected chi connectivity index (χ3v) is 5.95. The van der Waals surface area contributed by atoms with Crippen molar-refractivity contribution in [2.24, 2.45) is 7.05 Å². The highest BCUT2D eigenvalue weighted by Gasteiger charge is 2.20. The summed E-state index contributed by atoms with van der Waals surface area (Å²) in [7, 11) is 1.55. The van der Waals surface area contributed by atoms with Crippen molar-refractivity contribution >= 4 is 26.7 Å². The zero-order valence-electron chi connectivity index (χ0n) is 18.1. The molecule has 0 aliphatic carbocycles. The van der Waals surface area contributed by atoms with Gasteiger partial charge < -0.3 is 0 Å². The van der Waals surface area contributed by atoms with E-state index in [0.29, 0.717) is 32.4 Å². The first-order valence-electron chi connectivity index (χ1n) is 9.90. The van der Waals surface area contributed by atoms with E-state index in [4.69, 9.17) is 0 Å². The Kier molecular flexibility index (Phi) is 5.36. The van der Waals surface area contributed by atoms with E-state index in [2.05, 4.69) is 33.1 Å². The maximum Gasteiger partial charge on any atom is 0.282 e. The van der Waals surface area contributed by atoms with Gasteiger partial charge in [0.15, 0.2) is 0 Å². The molecule has 163 valence electrons. The number of hydrogen-bond acceptors (Lipinski definition) is 4. The summed E-state index contributed by atoms with van der Waals surface area (Å²) in [5.74, 6) is -0.584. The third kappa shape index (κ3) is 3.68. The van der Waals surface area contributed by atoms with Gasteiger partial charge in [-0.2, -0.15) is 14.9 Å². The van der Waals surface area contributed by atoms with Crippen molar-refractivity contribution in [1.82, 2.24) is 19.6 Å². The highest BCUT2D eigenvalue weighted by Crippen LogP contribution is 2.29. The van der Waals surface area contributed by atoms with Crippen LogP contribution in [0.2, 0.25) is 0 Å². The summed E-state index contributed by atoms with van der Waals surface area (Å²) in [4.78, 5) is 25.2. The Labute approximate surface area is 192 Å². The topological polar surface area (TPSA) is 69.8 Å². The lowest BCUT2D eigenvalue weighted by Crippen LogP contribution is -2.23. The Hall–Kier alpha value is -3.13. The molecule has 0 fully saturated rings. The van der Waals surface area contributed by atoms with Crippen LogP contribution >= 0.6 is 15.9 Å². The maximum absolute atomic E-state index is 15.0. The molecule has 2 aromatic carbocycles. The van der Waals surface area contributed by atoms with Gasteiger partial charge in [-0.15, -0.1) is 0 Å². The molecule has 32 heavy (non-hydrogen) atoms. The second-order valence-corrected chi connectivity index (χ2v) is 9.50. The van der Waals surface area contributed by atoms with Gasteiger partial charge in [0.1, 0.15) is 5.82 Å². The van der Waals surface area contributed by atoms with Gasteiger partial charge >= 0.3 is 0 Å². The predicted molar refractivity (Wildman–Crippen MR) is 127 cm³/mol. The lowest BCUT2D eigenvalue weighted by Gasteiger charge is -2.20. The van der Waals surface area contributed by atoms with E-state index < -0.39 is 11.4 Å². The van der Waals surface area contributed by atoms with E-state index in [-0.39, 0.29) is 16.4 Å². The second kappa shape index (κ2) is 7.78. The fourth-order valence-corrected chi connectivity index (χ4v) is 4.03. The molecule has 2 aromatic heterocycles. The van der Waals surface area contributed by atoms with Crippen molar-refractivity contribution in [3.63, 3.8) is 0 Å². The number of benzene rings is 2. The van der Waals surface area contributed by atoms with Crippen LogP contribution in [0.1, 0.15) is 31.9 Å². The fourth-order valence-electron chi connectivity index (χ4n) is 3.56. The normalized spacial score (nSPS) is 11.8. The largest absolute Gasteiger partial charge is 0.282 e. The molecule has 0 spiro atoms. The van der Waals surface area contributed by atoms with E-state index in [1.807, 2.05) is 20.8 Å². The zero-order valence-corrected chi connectivity index (χ0v) is 19.7.